The number of ether oxygens (including phenoxy) is 1. The van der Waals surface area contributed by atoms with Gasteiger partial charge < -0.3 is 9.15 Å². The third-order valence-corrected chi connectivity index (χ3v) is 4.94. The molecule has 148 valence electrons. The van der Waals surface area contributed by atoms with Crippen LogP contribution in [0.1, 0.15) is 31.7 Å². The van der Waals surface area contributed by atoms with Crippen molar-refractivity contribution in [1.82, 2.24) is 4.98 Å². The van der Waals surface area contributed by atoms with E-state index in [-0.39, 0.29) is 5.82 Å². The molecule has 3 nitrogen and oxygen atoms in total. The Bertz CT molecular complexity index is 1120. The van der Waals surface area contributed by atoms with Crippen molar-refractivity contribution in [3.63, 3.8) is 0 Å². The summed E-state index contributed by atoms with van der Waals surface area (Å²) < 4.78 is 26.3. The average Bonchev–Trinajstić information content (AvgIpc) is 3.15. The Hall–Kier alpha value is -3.14. The molecule has 0 unspecified atom stereocenters. The minimum atomic E-state index is -0.308. The van der Waals surface area contributed by atoms with Crippen LogP contribution < -0.4 is 4.74 Å². The van der Waals surface area contributed by atoms with Gasteiger partial charge in [0.05, 0.1) is 6.61 Å². The predicted octanol–water partition coefficient (Wildman–Crippen LogP) is 7.18. The highest BCUT2D eigenvalue weighted by molar-refractivity contribution is 5.77. The zero-order valence-electron chi connectivity index (χ0n) is 16.7. The molecule has 1 heterocycles. The van der Waals surface area contributed by atoms with Crippen LogP contribution in [-0.4, -0.2) is 11.6 Å². The van der Waals surface area contributed by atoms with Crippen LogP contribution in [0.2, 0.25) is 0 Å². The molecule has 0 saturated carbocycles. The van der Waals surface area contributed by atoms with Crippen molar-refractivity contribution >= 4 is 11.1 Å². The summed E-state index contributed by atoms with van der Waals surface area (Å²) in [5.41, 5.74) is 4.55. The molecular formula is C25H24FNO2. The molecule has 0 spiro atoms. The first-order valence-corrected chi connectivity index (χ1v) is 10.0. The molecule has 29 heavy (non-hydrogen) atoms. The Morgan fingerprint density at radius 3 is 2.48 bits per heavy atom. The highest BCUT2D eigenvalue weighted by Crippen LogP contribution is 2.30. The fraction of sp³-hybridized carbons (Fsp3) is 0.240. The Labute approximate surface area is 170 Å². The fourth-order valence-corrected chi connectivity index (χ4v) is 3.32. The number of halogens is 1. The normalized spacial score (nSPS) is 11.1. The van der Waals surface area contributed by atoms with Gasteiger partial charge in [-0.3, -0.25) is 0 Å². The van der Waals surface area contributed by atoms with Crippen LogP contribution in [0.3, 0.4) is 0 Å². The number of nitrogens with zero attached hydrogens (tertiary/aromatic N) is 1. The van der Waals surface area contributed by atoms with E-state index in [0.717, 1.165) is 35.2 Å². The van der Waals surface area contributed by atoms with E-state index >= 15 is 0 Å². The lowest BCUT2D eigenvalue weighted by Crippen LogP contribution is -1.96. The maximum atomic E-state index is 14.8. The summed E-state index contributed by atoms with van der Waals surface area (Å²) in [6.45, 7) is 4.88. The van der Waals surface area contributed by atoms with Gasteiger partial charge >= 0.3 is 0 Å². The summed E-state index contributed by atoms with van der Waals surface area (Å²) in [6, 6.07) is 18.4. The van der Waals surface area contributed by atoms with Gasteiger partial charge in [-0.05, 0) is 60.9 Å². The number of fused-ring (bicyclic) bond motifs is 1. The molecule has 4 aromatic rings. The molecule has 1 aromatic heterocycles. The van der Waals surface area contributed by atoms with E-state index in [0.29, 0.717) is 29.2 Å². The summed E-state index contributed by atoms with van der Waals surface area (Å²) >= 11 is 0. The van der Waals surface area contributed by atoms with E-state index in [1.165, 1.54) is 12.5 Å². The standard InChI is InChI=1S/C25H24FNO2/c1-3-4-5-14-28-20-10-7-18(8-11-20)21-12-9-19(16-22(21)26)25-27-23-15-17(2)6-13-24(23)29-25/h6-13,15-16H,3-5,14H2,1-2H3. The van der Waals surface area contributed by atoms with Gasteiger partial charge in [0.25, 0.3) is 0 Å². The van der Waals surface area contributed by atoms with Crippen LogP contribution in [-0.2, 0) is 0 Å². The first-order chi connectivity index (χ1) is 14.1. The molecular weight excluding hydrogens is 365 g/mol. The maximum Gasteiger partial charge on any atom is 0.227 e. The molecule has 0 aliphatic carbocycles. The van der Waals surface area contributed by atoms with Crippen molar-refractivity contribution in [2.24, 2.45) is 0 Å². The molecule has 0 fully saturated rings. The Morgan fingerprint density at radius 1 is 0.931 bits per heavy atom. The van der Waals surface area contributed by atoms with Crippen molar-refractivity contribution in [2.45, 2.75) is 33.1 Å². The quantitative estimate of drug-likeness (QED) is 0.314. The van der Waals surface area contributed by atoms with Gasteiger partial charge in [0.15, 0.2) is 5.58 Å². The van der Waals surface area contributed by atoms with Crippen LogP contribution in [0.25, 0.3) is 33.7 Å². The lowest BCUT2D eigenvalue weighted by atomic mass is 10.0. The number of unbranched alkanes of at least 4 members (excludes halogenated alkanes) is 2. The third kappa shape index (κ3) is 4.32. The minimum Gasteiger partial charge on any atom is -0.494 e. The van der Waals surface area contributed by atoms with Gasteiger partial charge in [-0.1, -0.05) is 44.0 Å². The number of benzene rings is 3. The zero-order chi connectivity index (χ0) is 20.2. The molecule has 0 aliphatic heterocycles. The molecule has 4 rings (SSSR count). The van der Waals surface area contributed by atoms with Gasteiger partial charge in [-0.15, -0.1) is 0 Å². The molecule has 0 aliphatic rings. The molecule has 0 atom stereocenters. The second-order valence-electron chi connectivity index (χ2n) is 7.26. The summed E-state index contributed by atoms with van der Waals surface area (Å²) in [4.78, 5) is 4.49. The van der Waals surface area contributed by atoms with Gasteiger partial charge in [0.1, 0.15) is 17.1 Å². The van der Waals surface area contributed by atoms with Gasteiger partial charge in [-0.2, -0.15) is 0 Å². The first-order valence-electron chi connectivity index (χ1n) is 10.0. The van der Waals surface area contributed by atoms with Crippen LogP contribution in [0.15, 0.2) is 65.1 Å². The molecule has 0 amide bonds. The average molecular weight is 389 g/mol. The molecule has 0 radical (unpaired) electrons. The molecule has 0 bridgehead atoms. The number of rotatable bonds is 7. The van der Waals surface area contributed by atoms with E-state index < -0.39 is 0 Å². The predicted molar refractivity (Wildman–Crippen MR) is 115 cm³/mol. The van der Waals surface area contributed by atoms with Crippen LogP contribution in [0.5, 0.6) is 5.75 Å². The van der Waals surface area contributed by atoms with Crippen LogP contribution >= 0.6 is 0 Å². The van der Waals surface area contributed by atoms with Crippen molar-refractivity contribution in [1.29, 1.82) is 0 Å². The fourth-order valence-electron chi connectivity index (χ4n) is 3.32. The number of hydrogen-bond acceptors (Lipinski definition) is 3. The molecule has 3 aromatic carbocycles. The number of aromatic nitrogens is 1. The van der Waals surface area contributed by atoms with Crippen LogP contribution in [0, 0.1) is 12.7 Å². The Balaban J connectivity index is 1.53. The van der Waals surface area contributed by atoms with Crippen molar-refractivity contribution in [3.05, 3.63) is 72.0 Å². The van der Waals surface area contributed by atoms with Gasteiger partial charge in [-0.25, -0.2) is 9.37 Å². The maximum absolute atomic E-state index is 14.8. The third-order valence-electron chi connectivity index (χ3n) is 4.94. The topological polar surface area (TPSA) is 35.3 Å². The van der Waals surface area contributed by atoms with Gasteiger partial charge in [0.2, 0.25) is 5.89 Å². The second kappa shape index (κ2) is 8.48. The lowest BCUT2D eigenvalue weighted by Gasteiger charge is -2.08. The second-order valence-corrected chi connectivity index (χ2v) is 7.26. The number of hydrogen-bond donors (Lipinski definition) is 0. The highest BCUT2D eigenvalue weighted by Gasteiger charge is 2.12. The number of aryl methyl sites for hydroxylation is 1. The summed E-state index contributed by atoms with van der Waals surface area (Å²) in [7, 11) is 0. The highest BCUT2D eigenvalue weighted by atomic mass is 19.1. The SMILES string of the molecule is CCCCCOc1ccc(-c2ccc(-c3nc4cc(C)ccc4o3)cc2F)cc1. The summed E-state index contributed by atoms with van der Waals surface area (Å²) in [5.74, 6) is 0.924. The lowest BCUT2D eigenvalue weighted by molar-refractivity contribution is 0.306. The molecule has 4 heteroatoms. The largest absolute Gasteiger partial charge is 0.494 e. The van der Waals surface area contributed by atoms with Crippen molar-refractivity contribution in [3.8, 4) is 28.3 Å². The summed E-state index contributed by atoms with van der Waals surface area (Å²) in [5, 5.41) is 0. The molecule has 0 saturated heterocycles. The van der Waals surface area contributed by atoms with Gasteiger partial charge in [0, 0.05) is 11.1 Å². The zero-order valence-corrected chi connectivity index (χ0v) is 16.7. The Morgan fingerprint density at radius 2 is 1.72 bits per heavy atom. The first kappa shape index (κ1) is 19.2. The summed E-state index contributed by atoms with van der Waals surface area (Å²) in [6.07, 6.45) is 3.37. The van der Waals surface area contributed by atoms with E-state index in [4.69, 9.17) is 9.15 Å². The van der Waals surface area contributed by atoms with E-state index in [2.05, 4.69) is 11.9 Å². The number of oxazole rings is 1. The Kier molecular flexibility index (Phi) is 5.61. The van der Waals surface area contributed by atoms with E-state index in [9.17, 15) is 4.39 Å². The molecule has 0 N–H and O–H groups in total. The van der Waals surface area contributed by atoms with E-state index in [1.54, 1.807) is 6.07 Å². The van der Waals surface area contributed by atoms with Crippen molar-refractivity contribution < 1.29 is 13.5 Å². The smallest absolute Gasteiger partial charge is 0.227 e. The van der Waals surface area contributed by atoms with Crippen LogP contribution in [0.4, 0.5) is 4.39 Å². The minimum absolute atomic E-state index is 0.308. The monoisotopic (exact) mass is 389 g/mol. The van der Waals surface area contributed by atoms with E-state index in [1.807, 2.05) is 55.5 Å². The van der Waals surface area contributed by atoms with Crippen molar-refractivity contribution in [2.75, 3.05) is 6.61 Å².